The average Bonchev–Trinajstić information content (AvgIpc) is 2.51. The molecule has 0 fully saturated rings. The topological polar surface area (TPSA) is 41.8 Å². The number of fused-ring (bicyclic) bond motifs is 1. The van der Waals surface area contributed by atoms with E-state index in [2.05, 4.69) is 4.98 Å². The van der Waals surface area contributed by atoms with Crippen LogP contribution < -0.4 is 5.73 Å². The average molecular weight is 182 g/mol. The number of hydrogen-bond acceptors (Lipinski definition) is 1. The summed E-state index contributed by atoms with van der Waals surface area (Å²) in [7, 11) is 0. The summed E-state index contributed by atoms with van der Waals surface area (Å²) in [6, 6.07) is 4.45. The number of aromatic amines is 1. The predicted molar refractivity (Wildman–Crippen MR) is 47.7 cm³/mol. The van der Waals surface area contributed by atoms with Crippen LogP contribution >= 0.6 is 0 Å². The van der Waals surface area contributed by atoms with Crippen molar-refractivity contribution in [1.82, 2.24) is 4.98 Å². The lowest BCUT2D eigenvalue weighted by atomic mass is 10.1. The summed E-state index contributed by atoms with van der Waals surface area (Å²) in [4.78, 5) is 2.88. The van der Waals surface area contributed by atoms with Gasteiger partial charge in [0.25, 0.3) is 6.43 Å². The maximum atomic E-state index is 12.3. The third-order valence-corrected chi connectivity index (χ3v) is 1.96. The van der Waals surface area contributed by atoms with E-state index in [9.17, 15) is 8.78 Å². The van der Waals surface area contributed by atoms with Crippen LogP contribution in [0.2, 0.25) is 0 Å². The lowest BCUT2D eigenvalue weighted by molar-refractivity contribution is 0.151. The van der Waals surface area contributed by atoms with Gasteiger partial charge in [-0.3, -0.25) is 0 Å². The van der Waals surface area contributed by atoms with Crippen LogP contribution in [0, 0.1) is 0 Å². The molecule has 1 aromatic heterocycles. The van der Waals surface area contributed by atoms with Gasteiger partial charge in [-0.15, -0.1) is 0 Å². The highest BCUT2D eigenvalue weighted by Crippen LogP contribution is 2.27. The number of nitrogen functional groups attached to an aromatic ring is 1. The first-order valence-electron chi connectivity index (χ1n) is 3.83. The molecule has 0 atom stereocenters. The second kappa shape index (κ2) is 2.73. The molecule has 68 valence electrons. The van der Waals surface area contributed by atoms with Crippen molar-refractivity contribution in [2.75, 3.05) is 5.73 Å². The molecule has 2 rings (SSSR count). The number of rotatable bonds is 1. The third kappa shape index (κ3) is 1.24. The van der Waals surface area contributed by atoms with Crippen LogP contribution in [-0.4, -0.2) is 4.98 Å². The van der Waals surface area contributed by atoms with E-state index in [1.54, 1.807) is 12.3 Å². The van der Waals surface area contributed by atoms with E-state index in [-0.39, 0.29) is 5.56 Å². The molecule has 0 saturated heterocycles. The van der Waals surface area contributed by atoms with E-state index in [4.69, 9.17) is 5.73 Å². The molecule has 0 unspecified atom stereocenters. The van der Waals surface area contributed by atoms with Crippen molar-refractivity contribution in [3.8, 4) is 0 Å². The summed E-state index contributed by atoms with van der Waals surface area (Å²) in [5, 5.41) is 0.718. The van der Waals surface area contributed by atoms with Crippen molar-refractivity contribution in [2.24, 2.45) is 0 Å². The van der Waals surface area contributed by atoms with Gasteiger partial charge in [-0.05, 0) is 18.2 Å². The number of hydrogen-bond donors (Lipinski definition) is 2. The first-order chi connectivity index (χ1) is 6.18. The summed E-state index contributed by atoms with van der Waals surface area (Å²) < 4.78 is 24.6. The fourth-order valence-electron chi connectivity index (χ4n) is 1.35. The van der Waals surface area contributed by atoms with Crippen LogP contribution in [0.15, 0.2) is 24.4 Å². The van der Waals surface area contributed by atoms with Crippen molar-refractivity contribution in [2.45, 2.75) is 6.43 Å². The van der Waals surface area contributed by atoms with Crippen LogP contribution in [0.4, 0.5) is 14.5 Å². The van der Waals surface area contributed by atoms with E-state index in [0.717, 1.165) is 5.39 Å². The fourth-order valence-corrected chi connectivity index (χ4v) is 1.35. The molecule has 0 aliphatic rings. The molecule has 2 nitrogen and oxygen atoms in total. The van der Waals surface area contributed by atoms with Crippen molar-refractivity contribution < 1.29 is 8.78 Å². The second-order valence-electron chi connectivity index (χ2n) is 2.85. The Morgan fingerprint density at radius 1 is 1.31 bits per heavy atom. The largest absolute Gasteiger partial charge is 0.397 e. The SMILES string of the molecule is Nc1cc(C(F)F)cc2cc[nH]c12. The van der Waals surface area contributed by atoms with Gasteiger partial charge in [-0.1, -0.05) is 0 Å². The molecule has 13 heavy (non-hydrogen) atoms. The quantitative estimate of drug-likeness (QED) is 0.654. The Bertz CT molecular complexity index is 434. The minimum Gasteiger partial charge on any atom is -0.397 e. The summed E-state index contributed by atoms with van der Waals surface area (Å²) in [5.74, 6) is 0. The summed E-state index contributed by atoms with van der Waals surface area (Å²) in [6.45, 7) is 0. The summed E-state index contributed by atoms with van der Waals surface area (Å²) in [5.41, 5.74) is 6.61. The zero-order chi connectivity index (χ0) is 9.42. The Morgan fingerprint density at radius 2 is 2.08 bits per heavy atom. The maximum absolute atomic E-state index is 12.3. The van der Waals surface area contributed by atoms with Crippen molar-refractivity contribution >= 4 is 16.6 Å². The van der Waals surface area contributed by atoms with E-state index in [1.807, 2.05) is 0 Å². The van der Waals surface area contributed by atoms with Gasteiger partial charge in [0.2, 0.25) is 0 Å². The Morgan fingerprint density at radius 3 is 2.77 bits per heavy atom. The molecule has 4 heteroatoms. The van der Waals surface area contributed by atoms with Crippen LogP contribution in [0.1, 0.15) is 12.0 Å². The van der Waals surface area contributed by atoms with Crippen molar-refractivity contribution in [3.63, 3.8) is 0 Å². The molecular weight excluding hydrogens is 174 g/mol. The van der Waals surface area contributed by atoms with Gasteiger partial charge < -0.3 is 10.7 Å². The lowest BCUT2D eigenvalue weighted by Gasteiger charge is -2.02. The van der Waals surface area contributed by atoms with Gasteiger partial charge in [-0.25, -0.2) is 8.78 Å². The Kier molecular flexibility index (Phi) is 1.69. The molecule has 0 spiro atoms. The number of benzene rings is 1. The fraction of sp³-hybridized carbons (Fsp3) is 0.111. The molecule has 1 heterocycles. The Hall–Kier alpha value is -1.58. The minimum atomic E-state index is -2.47. The normalized spacial score (nSPS) is 11.3. The lowest BCUT2D eigenvalue weighted by Crippen LogP contribution is -1.90. The van der Waals surface area contributed by atoms with Crippen molar-refractivity contribution in [3.05, 3.63) is 30.0 Å². The van der Waals surface area contributed by atoms with E-state index < -0.39 is 6.43 Å². The van der Waals surface area contributed by atoms with Gasteiger partial charge in [0, 0.05) is 17.1 Å². The smallest absolute Gasteiger partial charge is 0.263 e. The third-order valence-electron chi connectivity index (χ3n) is 1.96. The zero-order valence-electron chi connectivity index (χ0n) is 6.72. The zero-order valence-corrected chi connectivity index (χ0v) is 6.72. The van der Waals surface area contributed by atoms with Crippen LogP contribution in [0.25, 0.3) is 10.9 Å². The molecule has 0 amide bonds. The minimum absolute atomic E-state index is 0.0374. The monoisotopic (exact) mass is 182 g/mol. The number of nitrogens with two attached hydrogens (primary N) is 1. The molecule has 1 aromatic carbocycles. The molecule has 0 saturated carbocycles. The number of aromatic nitrogens is 1. The van der Waals surface area contributed by atoms with Crippen LogP contribution in [-0.2, 0) is 0 Å². The Balaban J connectivity index is 2.70. The van der Waals surface area contributed by atoms with Gasteiger partial charge in [0.15, 0.2) is 0 Å². The van der Waals surface area contributed by atoms with Gasteiger partial charge in [0.1, 0.15) is 0 Å². The number of H-pyrrole nitrogens is 1. The first-order valence-corrected chi connectivity index (χ1v) is 3.83. The van der Waals surface area contributed by atoms with Crippen molar-refractivity contribution in [1.29, 1.82) is 0 Å². The molecule has 0 aliphatic heterocycles. The maximum Gasteiger partial charge on any atom is 0.263 e. The summed E-state index contributed by atoms with van der Waals surface area (Å²) >= 11 is 0. The summed E-state index contributed by atoms with van der Waals surface area (Å²) in [6.07, 6.45) is -0.794. The highest BCUT2D eigenvalue weighted by molar-refractivity contribution is 5.90. The van der Waals surface area contributed by atoms with E-state index >= 15 is 0 Å². The number of alkyl halides is 2. The standard InChI is InChI=1S/C9H8F2N2/c10-9(11)6-3-5-1-2-13-8(5)7(12)4-6/h1-4,9,13H,12H2. The van der Waals surface area contributed by atoms with Crippen LogP contribution in [0.3, 0.4) is 0 Å². The predicted octanol–water partition coefficient (Wildman–Crippen LogP) is 2.69. The molecule has 0 bridgehead atoms. The number of nitrogens with one attached hydrogen (secondary N) is 1. The van der Waals surface area contributed by atoms with Gasteiger partial charge in [-0.2, -0.15) is 0 Å². The molecule has 0 aliphatic carbocycles. The van der Waals surface area contributed by atoms with Crippen LogP contribution in [0.5, 0.6) is 0 Å². The van der Waals surface area contributed by atoms with E-state index in [1.165, 1.54) is 12.1 Å². The molecule has 0 radical (unpaired) electrons. The molecular formula is C9H8F2N2. The first kappa shape index (κ1) is 8.04. The number of halogens is 2. The number of anilines is 1. The molecule has 3 N–H and O–H groups in total. The van der Waals surface area contributed by atoms with E-state index in [0.29, 0.717) is 11.2 Å². The highest BCUT2D eigenvalue weighted by Gasteiger charge is 2.09. The van der Waals surface area contributed by atoms with Gasteiger partial charge >= 0.3 is 0 Å². The van der Waals surface area contributed by atoms with Gasteiger partial charge in [0.05, 0.1) is 11.2 Å². The second-order valence-corrected chi connectivity index (χ2v) is 2.85. The molecule has 2 aromatic rings. The Labute approximate surface area is 73.4 Å². The highest BCUT2D eigenvalue weighted by atomic mass is 19.3.